The van der Waals surface area contributed by atoms with Crippen molar-refractivity contribution in [2.75, 3.05) is 30.9 Å². The Bertz CT molecular complexity index is 1570. The summed E-state index contributed by atoms with van der Waals surface area (Å²) < 4.78 is 59.2. The van der Waals surface area contributed by atoms with Gasteiger partial charge in [0.2, 0.25) is 4.90 Å². The van der Waals surface area contributed by atoms with Crippen LogP contribution in [0.1, 0.15) is 33.3 Å². The number of nitrogens with one attached hydrogen (secondary N) is 1. The van der Waals surface area contributed by atoms with Crippen molar-refractivity contribution < 1.29 is 27.3 Å². The summed E-state index contributed by atoms with van der Waals surface area (Å²) in [4.78, 5) is 37.1. The van der Waals surface area contributed by atoms with E-state index in [1.54, 1.807) is 24.4 Å². The van der Waals surface area contributed by atoms with Gasteiger partial charge in [0.25, 0.3) is 17.7 Å². The summed E-state index contributed by atoms with van der Waals surface area (Å²) >= 11 is -1.91. The van der Waals surface area contributed by atoms with Gasteiger partial charge in [-0.1, -0.05) is 18.2 Å². The van der Waals surface area contributed by atoms with E-state index in [4.69, 9.17) is 0 Å². The van der Waals surface area contributed by atoms with Crippen LogP contribution in [-0.4, -0.2) is 62.3 Å². The van der Waals surface area contributed by atoms with E-state index in [0.29, 0.717) is 17.3 Å². The fraction of sp³-hybridized carbons (Fsp3) is 0.214. The van der Waals surface area contributed by atoms with Crippen molar-refractivity contribution in [1.29, 1.82) is 0 Å². The number of piperazine rings is 1. The van der Waals surface area contributed by atoms with Crippen LogP contribution in [0.5, 0.6) is 0 Å². The lowest BCUT2D eigenvalue weighted by Crippen LogP contribution is -2.50. The third kappa shape index (κ3) is 5.58. The molecule has 3 heterocycles. The first kappa shape index (κ1) is 27.4. The van der Waals surface area contributed by atoms with Crippen LogP contribution in [-0.2, 0) is 17.3 Å². The number of fused-ring (bicyclic) bond motifs is 1. The fourth-order valence-electron chi connectivity index (χ4n) is 4.50. The van der Waals surface area contributed by atoms with Crippen molar-refractivity contribution in [3.63, 3.8) is 0 Å². The summed E-state index contributed by atoms with van der Waals surface area (Å²) in [6.45, 7) is 1.24. The van der Waals surface area contributed by atoms with E-state index in [0.717, 1.165) is 17.5 Å². The molecule has 1 aliphatic heterocycles. The average molecular weight is 568 g/mol. The minimum absolute atomic E-state index is 0.0234. The highest BCUT2D eigenvalue weighted by atomic mass is 32.2. The minimum atomic E-state index is -3.35. The number of halogens is 3. The number of hydrogen-bond donors (Lipinski definition) is 1. The van der Waals surface area contributed by atoms with Crippen molar-refractivity contribution in [1.82, 2.24) is 19.8 Å². The summed E-state index contributed by atoms with van der Waals surface area (Å²) in [6.07, 6.45) is 2.88. The Kier molecular flexibility index (Phi) is 7.63. The summed E-state index contributed by atoms with van der Waals surface area (Å²) in [6, 6.07) is 15.0. The molecule has 2 amide bonds. The third-order valence-corrected chi connectivity index (χ3v) is 7.69. The van der Waals surface area contributed by atoms with Crippen molar-refractivity contribution in [3.05, 3.63) is 95.7 Å². The number of rotatable bonds is 6. The summed E-state index contributed by atoms with van der Waals surface area (Å²) in [5.74, 6) is -5.15. The molecule has 0 saturated carbocycles. The first-order valence-electron chi connectivity index (χ1n) is 12.4. The number of nitrogens with zero attached hydrogens (tertiary/aromatic N) is 4. The topological polar surface area (TPSA) is 101 Å². The van der Waals surface area contributed by atoms with E-state index < -0.39 is 40.5 Å². The monoisotopic (exact) mass is 567 g/mol. The Balaban J connectivity index is 1.32. The van der Waals surface area contributed by atoms with Gasteiger partial charge in [0.05, 0.1) is 5.69 Å². The Morgan fingerprint density at radius 2 is 1.57 bits per heavy atom. The van der Waals surface area contributed by atoms with Gasteiger partial charge in [-0.3, -0.25) is 14.6 Å². The predicted molar refractivity (Wildman–Crippen MR) is 144 cm³/mol. The molecule has 8 nitrogen and oxygen atoms in total. The zero-order chi connectivity index (χ0) is 28.4. The molecule has 12 heteroatoms. The van der Waals surface area contributed by atoms with Crippen LogP contribution in [0.25, 0.3) is 10.9 Å². The predicted octanol–water partition coefficient (Wildman–Crippen LogP) is 4.61. The van der Waals surface area contributed by atoms with Crippen LogP contribution in [0, 0.1) is 5.82 Å². The van der Waals surface area contributed by atoms with Crippen LogP contribution in [0.2, 0.25) is 0 Å². The number of pyridine rings is 2. The molecule has 1 atom stereocenters. The van der Waals surface area contributed by atoms with Crippen molar-refractivity contribution >= 4 is 39.8 Å². The molecule has 1 unspecified atom stereocenters. The summed E-state index contributed by atoms with van der Waals surface area (Å²) in [7, 11) is 0. The summed E-state index contributed by atoms with van der Waals surface area (Å²) in [5, 5.41) is 0.754. The second-order valence-electron chi connectivity index (χ2n) is 9.27. The number of para-hydroxylation sites is 1. The van der Waals surface area contributed by atoms with Gasteiger partial charge in [-0.2, -0.15) is 0 Å². The first-order chi connectivity index (χ1) is 19.1. The largest absolute Gasteiger partial charge is 0.588 e. The molecule has 5 rings (SSSR count). The lowest BCUT2D eigenvalue weighted by atomic mass is 10.0. The zero-order valence-corrected chi connectivity index (χ0v) is 22.1. The average Bonchev–Trinajstić information content (AvgIpc) is 2.96. The smallest absolute Gasteiger partial charge is 0.275 e. The van der Waals surface area contributed by atoms with E-state index in [2.05, 4.69) is 14.7 Å². The molecule has 206 valence electrons. The number of amides is 2. The number of carbonyl (C=O) groups is 2. The van der Waals surface area contributed by atoms with Gasteiger partial charge in [0.1, 0.15) is 16.9 Å². The molecule has 0 radical (unpaired) electrons. The Morgan fingerprint density at radius 1 is 0.925 bits per heavy atom. The third-order valence-electron chi connectivity index (χ3n) is 6.55. The van der Waals surface area contributed by atoms with E-state index in [-0.39, 0.29) is 43.1 Å². The van der Waals surface area contributed by atoms with Gasteiger partial charge in [0.15, 0.2) is 11.5 Å². The molecule has 1 saturated heterocycles. The van der Waals surface area contributed by atoms with E-state index >= 15 is 0 Å². The highest BCUT2D eigenvalue weighted by Gasteiger charge is 2.33. The van der Waals surface area contributed by atoms with Crippen molar-refractivity contribution in [2.45, 2.75) is 17.7 Å². The molecule has 0 aliphatic carbocycles. The molecular formula is C28H24F3N5O3S. The van der Waals surface area contributed by atoms with Gasteiger partial charge in [-0.15, -0.1) is 0 Å². The maximum Gasteiger partial charge on any atom is 0.275 e. The number of aromatic nitrogens is 2. The van der Waals surface area contributed by atoms with Crippen LogP contribution < -0.4 is 4.72 Å². The maximum atomic E-state index is 14.7. The molecule has 1 aliphatic rings. The van der Waals surface area contributed by atoms with E-state index in [9.17, 15) is 27.3 Å². The van der Waals surface area contributed by atoms with Crippen LogP contribution in [0.4, 0.5) is 18.9 Å². The molecule has 1 N–H and O–H groups in total. The summed E-state index contributed by atoms with van der Waals surface area (Å²) in [5.41, 5.74) is -0.356. The van der Waals surface area contributed by atoms with Crippen LogP contribution >= 0.6 is 0 Å². The maximum absolute atomic E-state index is 14.7. The van der Waals surface area contributed by atoms with Gasteiger partial charge in [-0.05, 0) is 42.5 Å². The molecule has 40 heavy (non-hydrogen) atoms. The minimum Gasteiger partial charge on any atom is -0.588 e. The highest BCUT2D eigenvalue weighted by Crippen LogP contribution is 2.35. The molecule has 4 aromatic rings. The van der Waals surface area contributed by atoms with E-state index in [1.807, 2.05) is 12.1 Å². The standard InChI is InChI=1S/C28H24F3N5O3S/c1-28(30,31)20-17-19(9-10-22(20)34-40(39)23-8-2-5-18-6-3-11-32-24(18)23)26(37)35-13-15-36(16-14-35)27(38)25-21(29)7-4-12-33-25/h2-12,17,34H,13-16H2,1H3. The van der Waals surface area contributed by atoms with Gasteiger partial charge >= 0.3 is 0 Å². The molecule has 2 aromatic heterocycles. The van der Waals surface area contributed by atoms with Crippen molar-refractivity contribution in [2.24, 2.45) is 0 Å². The normalized spacial score (nSPS) is 14.7. The van der Waals surface area contributed by atoms with Crippen molar-refractivity contribution in [3.8, 4) is 0 Å². The van der Waals surface area contributed by atoms with Gasteiger partial charge in [0, 0.05) is 62.0 Å². The molecule has 2 aromatic carbocycles. The lowest BCUT2D eigenvalue weighted by molar-refractivity contribution is 0.0182. The first-order valence-corrected chi connectivity index (χ1v) is 13.5. The van der Waals surface area contributed by atoms with Gasteiger partial charge in [-0.25, -0.2) is 22.9 Å². The van der Waals surface area contributed by atoms with E-state index in [1.165, 1.54) is 34.2 Å². The Morgan fingerprint density at radius 3 is 2.27 bits per heavy atom. The molecule has 1 fully saturated rings. The second kappa shape index (κ2) is 11.1. The number of benzene rings is 2. The van der Waals surface area contributed by atoms with Crippen LogP contribution in [0.15, 0.2) is 78.0 Å². The lowest BCUT2D eigenvalue weighted by Gasteiger charge is -2.34. The Labute approximate surface area is 231 Å². The fourth-order valence-corrected chi connectivity index (χ4v) is 5.53. The van der Waals surface area contributed by atoms with Crippen LogP contribution in [0.3, 0.4) is 0 Å². The quantitative estimate of drug-likeness (QED) is 0.342. The molecule has 0 spiro atoms. The van der Waals surface area contributed by atoms with Gasteiger partial charge < -0.3 is 14.4 Å². The highest BCUT2D eigenvalue weighted by molar-refractivity contribution is 7.93. The Hall–Kier alpha value is -4.16. The number of alkyl halides is 2. The zero-order valence-electron chi connectivity index (χ0n) is 21.3. The number of anilines is 1. The molecular weight excluding hydrogens is 543 g/mol. The number of carbonyl (C=O) groups excluding carboxylic acids is 2. The SMILES string of the molecule is CC(F)(F)c1cc(C(=O)N2CCN(C(=O)c3ncccc3F)CC2)ccc1N[S+]([O-])c1cccc2cccnc12. The molecule has 0 bridgehead atoms. The number of hydrogen-bond acceptors (Lipinski definition) is 6. The second-order valence-corrected chi connectivity index (χ2v) is 10.5.